The normalized spacial score (nSPS) is 18.2. The first kappa shape index (κ1) is 25.6. The Kier molecular flexibility index (Phi) is 8.59. The second-order valence-electron chi connectivity index (χ2n) is 11.0. The number of benzene rings is 2. The average molecular weight is 467 g/mol. The van der Waals surface area contributed by atoms with Crippen LogP contribution in [0.1, 0.15) is 64.5 Å². The van der Waals surface area contributed by atoms with Crippen molar-refractivity contribution in [2.24, 2.45) is 10.8 Å². The molecular formula is C28H38N2O4. The summed E-state index contributed by atoms with van der Waals surface area (Å²) in [6.07, 6.45) is 3.52. The third-order valence-electron chi connectivity index (χ3n) is 6.27. The standard InChI is InChI=1S/2C14H19NO2/c2*1-14(2)8-12(9-14)15-13(16)17-10-11-6-4-3-5-7-11/h2*3-7,12H,8-10H2,1-2H3,(H,15,16). The van der Waals surface area contributed by atoms with Crippen LogP contribution < -0.4 is 10.6 Å². The summed E-state index contributed by atoms with van der Waals surface area (Å²) < 4.78 is 10.3. The van der Waals surface area contributed by atoms with Crippen LogP contribution >= 0.6 is 0 Å². The molecule has 2 N–H and O–H groups in total. The van der Waals surface area contributed by atoms with E-state index in [4.69, 9.17) is 9.47 Å². The summed E-state index contributed by atoms with van der Waals surface area (Å²) in [6.45, 7) is 9.51. The van der Waals surface area contributed by atoms with Crippen molar-refractivity contribution in [3.63, 3.8) is 0 Å². The van der Waals surface area contributed by atoms with Crippen LogP contribution in [0.2, 0.25) is 0 Å². The Morgan fingerprint density at radius 1 is 0.676 bits per heavy atom. The first-order valence-electron chi connectivity index (χ1n) is 12.0. The monoisotopic (exact) mass is 466 g/mol. The lowest BCUT2D eigenvalue weighted by Gasteiger charge is -2.42. The van der Waals surface area contributed by atoms with Gasteiger partial charge in [0, 0.05) is 12.1 Å². The molecule has 0 aliphatic heterocycles. The molecule has 0 unspecified atom stereocenters. The molecule has 2 aromatic rings. The van der Waals surface area contributed by atoms with Gasteiger partial charge in [0.2, 0.25) is 0 Å². The molecule has 0 radical (unpaired) electrons. The van der Waals surface area contributed by atoms with Crippen molar-refractivity contribution in [3.05, 3.63) is 71.8 Å². The van der Waals surface area contributed by atoms with Gasteiger partial charge < -0.3 is 20.1 Å². The first-order chi connectivity index (χ1) is 16.1. The van der Waals surface area contributed by atoms with Gasteiger partial charge in [0.05, 0.1) is 0 Å². The fourth-order valence-corrected chi connectivity index (χ4v) is 4.62. The zero-order chi connectivity index (χ0) is 24.6. The molecule has 2 aromatic carbocycles. The summed E-state index contributed by atoms with van der Waals surface area (Å²) in [5.41, 5.74) is 2.77. The van der Waals surface area contributed by atoms with E-state index in [1.165, 1.54) is 0 Å². The van der Waals surface area contributed by atoms with E-state index < -0.39 is 0 Å². The van der Waals surface area contributed by atoms with E-state index in [2.05, 4.69) is 38.3 Å². The maximum atomic E-state index is 11.5. The number of carbonyl (C=O) groups excluding carboxylic acids is 2. The molecule has 2 amide bonds. The lowest BCUT2D eigenvalue weighted by atomic mass is 9.68. The van der Waals surface area contributed by atoms with Crippen molar-refractivity contribution in [1.82, 2.24) is 10.6 Å². The molecule has 4 rings (SSSR count). The van der Waals surface area contributed by atoms with Gasteiger partial charge in [-0.2, -0.15) is 0 Å². The zero-order valence-electron chi connectivity index (χ0n) is 20.8. The summed E-state index contributed by atoms with van der Waals surface area (Å²) in [5, 5.41) is 5.76. The van der Waals surface area contributed by atoms with Gasteiger partial charge in [-0.05, 0) is 47.6 Å². The topological polar surface area (TPSA) is 76.7 Å². The maximum Gasteiger partial charge on any atom is 0.407 e. The van der Waals surface area contributed by atoms with Crippen molar-refractivity contribution >= 4 is 12.2 Å². The lowest BCUT2D eigenvalue weighted by molar-refractivity contribution is 0.0953. The molecular weight excluding hydrogens is 428 g/mol. The second kappa shape index (κ2) is 11.4. The van der Waals surface area contributed by atoms with Crippen LogP contribution in [0, 0.1) is 10.8 Å². The Labute approximate surface area is 203 Å². The molecule has 0 aromatic heterocycles. The van der Waals surface area contributed by atoms with E-state index in [-0.39, 0.29) is 24.3 Å². The quantitative estimate of drug-likeness (QED) is 0.531. The fraction of sp³-hybridized carbons (Fsp3) is 0.500. The molecule has 6 nitrogen and oxygen atoms in total. The van der Waals surface area contributed by atoms with Gasteiger partial charge in [-0.15, -0.1) is 0 Å². The molecule has 0 bridgehead atoms. The molecule has 0 saturated heterocycles. The van der Waals surface area contributed by atoms with E-state index in [0.717, 1.165) is 36.8 Å². The highest BCUT2D eigenvalue weighted by molar-refractivity contribution is 5.68. The number of hydrogen-bond donors (Lipinski definition) is 2. The molecule has 6 heteroatoms. The van der Waals surface area contributed by atoms with E-state index in [9.17, 15) is 9.59 Å². The Morgan fingerprint density at radius 2 is 1.00 bits per heavy atom. The predicted molar refractivity (Wildman–Crippen MR) is 133 cm³/mol. The fourth-order valence-electron chi connectivity index (χ4n) is 4.62. The van der Waals surface area contributed by atoms with Crippen molar-refractivity contribution < 1.29 is 19.1 Å². The van der Waals surface area contributed by atoms with E-state index in [1.807, 2.05) is 60.7 Å². The highest BCUT2D eigenvalue weighted by Gasteiger charge is 2.37. The summed E-state index contributed by atoms with van der Waals surface area (Å²) in [4.78, 5) is 23.0. The number of carbonyl (C=O) groups is 2. The summed E-state index contributed by atoms with van der Waals surface area (Å²) >= 11 is 0. The molecule has 0 spiro atoms. The van der Waals surface area contributed by atoms with Crippen LogP contribution in [0.4, 0.5) is 9.59 Å². The number of amides is 2. The van der Waals surface area contributed by atoms with Gasteiger partial charge in [0.1, 0.15) is 13.2 Å². The van der Waals surface area contributed by atoms with Gasteiger partial charge in [0.25, 0.3) is 0 Å². The third-order valence-corrected chi connectivity index (χ3v) is 6.27. The second-order valence-corrected chi connectivity index (χ2v) is 11.0. The highest BCUT2D eigenvalue weighted by atomic mass is 16.6. The van der Waals surface area contributed by atoms with E-state index in [1.54, 1.807) is 0 Å². The minimum atomic E-state index is -0.311. The maximum absolute atomic E-state index is 11.5. The van der Waals surface area contributed by atoms with Crippen molar-refractivity contribution in [2.75, 3.05) is 0 Å². The SMILES string of the molecule is CC1(C)CC(NC(=O)OCc2ccccc2)C1.CC1(C)CC(NC(=O)OCc2ccccc2)C1. The van der Waals surface area contributed by atoms with Crippen molar-refractivity contribution in [2.45, 2.75) is 78.7 Å². The first-order valence-corrected chi connectivity index (χ1v) is 12.0. The Balaban J connectivity index is 0.000000191. The van der Waals surface area contributed by atoms with Gasteiger partial charge in [-0.3, -0.25) is 0 Å². The average Bonchev–Trinajstić information content (AvgIpc) is 2.76. The molecule has 2 saturated carbocycles. The molecule has 2 aliphatic rings. The van der Waals surface area contributed by atoms with Crippen LogP contribution in [0.15, 0.2) is 60.7 Å². The predicted octanol–water partition coefficient (Wildman–Crippen LogP) is 6.20. The minimum absolute atomic E-state index is 0.285. The highest BCUT2D eigenvalue weighted by Crippen LogP contribution is 2.40. The Bertz CT molecular complexity index is 834. The lowest BCUT2D eigenvalue weighted by Crippen LogP contribution is -2.48. The molecule has 2 fully saturated rings. The van der Waals surface area contributed by atoms with E-state index >= 15 is 0 Å². The third kappa shape index (κ3) is 8.73. The van der Waals surface area contributed by atoms with Crippen LogP contribution in [0.3, 0.4) is 0 Å². The zero-order valence-corrected chi connectivity index (χ0v) is 20.8. The van der Waals surface area contributed by atoms with Crippen LogP contribution in [-0.4, -0.2) is 24.3 Å². The van der Waals surface area contributed by atoms with Crippen molar-refractivity contribution in [1.29, 1.82) is 0 Å². The van der Waals surface area contributed by atoms with E-state index in [0.29, 0.717) is 24.0 Å². The van der Waals surface area contributed by atoms with Crippen LogP contribution in [0.25, 0.3) is 0 Å². The molecule has 2 aliphatic carbocycles. The van der Waals surface area contributed by atoms with Gasteiger partial charge in [-0.1, -0.05) is 88.4 Å². The smallest absolute Gasteiger partial charge is 0.407 e. The Hall–Kier alpha value is -3.02. The number of rotatable bonds is 6. The summed E-state index contributed by atoms with van der Waals surface area (Å²) in [6, 6.07) is 20.0. The number of ether oxygens (including phenoxy) is 2. The van der Waals surface area contributed by atoms with Crippen molar-refractivity contribution in [3.8, 4) is 0 Å². The number of alkyl carbamates (subject to hydrolysis) is 2. The van der Waals surface area contributed by atoms with Gasteiger partial charge in [0.15, 0.2) is 0 Å². The molecule has 34 heavy (non-hydrogen) atoms. The number of hydrogen-bond acceptors (Lipinski definition) is 4. The summed E-state index contributed by atoms with van der Waals surface area (Å²) in [5.74, 6) is 0. The minimum Gasteiger partial charge on any atom is -0.445 e. The van der Waals surface area contributed by atoms with Gasteiger partial charge in [-0.25, -0.2) is 9.59 Å². The largest absolute Gasteiger partial charge is 0.445 e. The molecule has 0 heterocycles. The van der Waals surface area contributed by atoms with Crippen LogP contribution in [0.5, 0.6) is 0 Å². The van der Waals surface area contributed by atoms with Crippen LogP contribution in [-0.2, 0) is 22.7 Å². The number of nitrogens with one attached hydrogen (secondary N) is 2. The molecule has 184 valence electrons. The summed E-state index contributed by atoms with van der Waals surface area (Å²) in [7, 11) is 0. The molecule has 0 atom stereocenters. The Morgan fingerprint density at radius 3 is 1.29 bits per heavy atom. The van der Waals surface area contributed by atoms with Gasteiger partial charge >= 0.3 is 12.2 Å².